The third-order valence-electron chi connectivity index (χ3n) is 4.57. The first-order chi connectivity index (χ1) is 12.8. The van der Waals surface area contributed by atoms with Gasteiger partial charge in [-0.05, 0) is 42.8 Å². The molecule has 2 heterocycles. The molecule has 2 aromatic rings. The Hall–Kier alpha value is -2.58. The normalized spacial score (nSPS) is 20.4. The van der Waals surface area contributed by atoms with Crippen molar-refractivity contribution in [2.24, 2.45) is 5.73 Å². The van der Waals surface area contributed by atoms with Crippen LogP contribution in [0.15, 0.2) is 41.3 Å². The average molecular weight is 406 g/mol. The summed E-state index contributed by atoms with van der Waals surface area (Å²) in [4.78, 5) is 38.0. The second-order valence-corrected chi connectivity index (χ2v) is 8.00. The number of nitrogens with two attached hydrogens (primary N) is 1. The second kappa shape index (κ2) is 6.24. The van der Waals surface area contributed by atoms with Crippen molar-refractivity contribution in [2.45, 2.75) is 22.6 Å². The van der Waals surface area contributed by atoms with E-state index in [4.69, 9.17) is 17.3 Å². The van der Waals surface area contributed by atoms with Crippen LogP contribution in [0.2, 0.25) is 5.02 Å². The molecular formula is C18H13ClFN3O3S. The zero-order valence-electron chi connectivity index (χ0n) is 13.8. The van der Waals surface area contributed by atoms with E-state index >= 15 is 0 Å². The molecule has 4 rings (SSSR count). The molecule has 138 valence electrons. The van der Waals surface area contributed by atoms with Crippen LogP contribution in [0.3, 0.4) is 0 Å². The molecule has 0 aliphatic carbocycles. The summed E-state index contributed by atoms with van der Waals surface area (Å²) in [6.07, 6.45) is 0.542. The number of hydrogen-bond acceptors (Lipinski definition) is 4. The SMILES string of the molecule is NC(=O)c1cc(NC(=O)C23CCC(=O)N2c2cc(Cl)ccc2S3)ccc1F. The van der Waals surface area contributed by atoms with Crippen molar-refractivity contribution >= 4 is 52.5 Å². The number of halogens is 2. The van der Waals surface area contributed by atoms with E-state index in [2.05, 4.69) is 5.32 Å². The quantitative estimate of drug-likeness (QED) is 0.820. The van der Waals surface area contributed by atoms with Crippen molar-refractivity contribution in [3.8, 4) is 0 Å². The monoisotopic (exact) mass is 405 g/mol. The van der Waals surface area contributed by atoms with Gasteiger partial charge < -0.3 is 11.1 Å². The van der Waals surface area contributed by atoms with Crippen LogP contribution in [-0.4, -0.2) is 22.6 Å². The Bertz CT molecular complexity index is 1020. The number of hydrogen-bond donors (Lipinski definition) is 2. The van der Waals surface area contributed by atoms with Gasteiger partial charge >= 0.3 is 0 Å². The topological polar surface area (TPSA) is 92.5 Å². The first-order valence-corrected chi connectivity index (χ1v) is 9.24. The Morgan fingerprint density at radius 3 is 2.78 bits per heavy atom. The molecule has 1 unspecified atom stereocenters. The van der Waals surface area contributed by atoms with E-state index in [9.17, 15) is 18.8 Å². The Kier molecular flexibility index (Phi) is 4.12. The number of thioether (sulfide) groups is 1. The third kappa shape index (κ3) is 2.76. The number of amides is 3. The lowest BCUT2D eigenvalue weighted by Gasteiger charge is -2.29. The van der Waals surface area contributed by atoms with E-state index in [0.29, 0.717) is 17.1 Å². The van der Waals surface area contributed by atoms with Crippen LogP contribution >= 0.6 is 23.4 Å². The Morgan fingerprint density at radius 2 is 2.04 bits per heavy atom. The summed E-state index contributed by atoms with van der Waals surface area (Å²) >= 11 is 7.33. The molecule has 27 heavy (non-hydrogen) atoms. The summed E-state index contributed by atoms with van der Waals surface area (Å²) in [6.45, 7) is 0. The molecule has 3 N–H and O–H groups in total. The molecule has 1 saturated heterocycles. The van der Waals surface area contributed by atoms with Gasteiger partial charge in [0.15, 0.2) is 4.87 Å². The van der Waals surface area contributed by atoms with Crippen molar-refractivity contribution in [3.05, 3.63) is 52.8 Å². The fourth-order valence-corrected chi connectivity index (χ4v) is 4.90. The van der Waals surface area contributed by atoms with Crippen LogP contribution in [0.1, 0.15) is 23.2 Å². The van der Waals surface area contributed by atoms with Crippen LogP contribution in [0.25, 0.3) is 0 Å². The van der Waals surface area contributed by atoms with E-state index in [0.717, 1.165) is 11.0 Å². The molecule has 1 atom stereocenters. The number of rotatable bonds is 3. The highest BCUT2D eigenvalue weighted by molar-refractivity contribution is 8.02. The molecule has 2 aromatic carbocycles. The predicted octanol–water partition coefficient (Wildman–Crippen LogP) is 3.15. The Labute approximate surface area is 162 Å². The third-order valence-corrected chi connectivity index (χ3v) is 6.28. The molecule has 6 nitrogen and oxygen atoms in total. The van der Waals surface area contributed by atoms with Gasteiger partial charge in [-0.3, -0.25) is 19.3 Å². The lowest BCUT2D eigenvalue weighted by molar-refractivity contribution is -0.121. The fourth-order valence-electron chi connectivity index (χ4n) is 3.34. The molecule has 0 aromatic heterocycles. The molecule has 0 saturated carbocycles. The maximum absolute atomic E-state index is 13.7. The number of nitrogens with zero attached hydrogens (tertiary/aromatic N) is 1. The van der Waals surface area contributed by atoms with E-state index in [-0.39, 0.29) is 23.6 Å². The highest BCUT2D eigenvalue weighted by Gasteiger charge is 2.57. The number of anilines is 2. The molecule has 9 heteroatoms. The first kappa shape index (κ1) is 17.8. The van der Waals surface area contributed by atoms with Crippen molar-refractivity contribution in [3.63, 3.8) is 0 Å². The minimum atomic E-state index is -1.15. The van der Waals surface area contributed by atoms with Gasteiger partial charge in [0.25, 0.3) is 11.8 Å². The number of carbonyl (C=O) groups is 3. The summed E-state index contributed by atoms with van der Waals surface area (Å²) in [5.41, 5.74) is 5.65. The van der Waals surface area contributed by atoms with Crippen LogP contribution in [0.4, 0.5) is 15.8 Å². The van der Waals surface area contributed by atoms with Gasteiger partial charge in [0, 0.05) is 22.0 Å². The van der Waals surface area contributed by atoms with Crippen molar-refractivity contribution in [1.29, 1.82) is 0 Å². The number of primary amides is 1. The van der Waals surface area contributed by atoms with Crippen molar-refractivity contribution < 1.29 is 18.8 Å². The number of fused-ring (bicyclic) bond motifs is 3. The number of nitrogens with one attached hydrogen (secondary N) is 1. The second-order valence-electron chi connectivity index (χ2n) is 6.24. The van der Waals surface area contributed by atoms with Gasteiger partial charge in [0.2, 0.25) is 5.91 Å². The minimum absolute atomic E-state index is 0.171. The molecule has 0 bridgehead atoms. The summed E-state index contributed by atoms with van der Waals surface area (Å²) in [5, 5.41) is 3.14. The van der Waals surface area contributed by atoms with Crippen molar-refractivity contribution in [1.82, 2.24) is 0 Å². The van der Waals surface area contributed by atoms with Crippen molar-refractivity contribution in [2.75, 3.05) is 10.2 Å². The molecule has 2 aliphatic heterocycles. The molecule has 0 spiro atoms. The summed E-state index contributed by atoms with van der Waals surface area (Å²) < 4.78 is 13.7. The van der Waals surface area contributed by atoms with E-state index in [1.54, 1.807) is 18.2 Å². The van der Waals surface area contributed by atoms with E-state index < -0.39 is 22.5 Å². The van der Waals surface area contributed by atoms with Gasteiger partial charge in [-0.15, -0.1) is 0 Å². The molecular weight excluding hydrogens is 393 g/mol. The standard InChI is InChI=1S/C18H13ClFN3O3S/c19-9-1-4-14-13(7-9)23-15(24)5-6-18(23,27-14)17(26)22-10-2-3-12(20)11(8-10)16(21)25/h1-4,7-8H,5-6H2,(H2,21,25)(H,22,26). The number of carbonyl (C=O) groups excluding carboxylic acids is 3. The lowest BCUT2D eigenvalue weighted by atomic mass is 10.1. The molecule has 1 fully saturated rings. The highest BCUT2D eigenvalue weighted by Crippen LogP contribution is 2.56. The zero-order valence-corrected chi connectivity index (χ0v) is 15.4. The van der Waals surface area contributed by atoms with Gasteiger partial charge in [-0.1, -0.05) is 23.4 Å². The maximum atomic E-state index is 13.7. The van der Waals surface area contributed by atoms with Gasteiger partial charge in [-0.2, -0.15) is 0 Å². The molecule has 0 radical (unpaired) electrons. The van der Waals surface area contributed by atoms with Gasteiger partial charge in [0.05, 0.1) is 11.3 Å². The van der Waals surface area contributed by atoms with Crippen LogP contribution in [0.5, 0.6) is 0 Å². The fraction of sp³-hybridized carbons (Fsp3) is 0.167. The number of benzene rings is 2. The summed E-state index contributed by atoms with van der Waals surface area (Å²) in [5.74, 6) is -2.31. The van der Waals surface area contributed by atoms with E-state index in [1.807, 2.05) is 0 Å². The van der Waals surface area contributed by atoms with Crippen LogP contribution < -0.4 is 16.0 Å². The first-order valence-electron chi connectivity index (χ1n) is 8.04. The molecule has 2 aliphatic rings. The van der Waals surface area contributed by atoms with Crippen LogP contribution in [-0.2, 0) is 9.59 Å². The largest absolute Gasteiger partial charge is 0.366 e. The smallest absolute Gasteiger partial charge is 0.261 e. The minimum Gasteiger partial charge on any atom is -0.366 e. The Morgan fingerprint density at radius 1 is 1.26 bits per heavy atom. The highest BCUT2D eigenvalue weighted by atomic mass is 35.5. The molecule has 3 amide bonds. The lowest BCUT2D eigenvalue weighted by Crippen LogP contribution is -2.49. The van der Waals surface area contributed by atoms with Crippen LogP contribution in [0, 0.1) is 5.82 Å². The summed E-state index contributed by atoms with van der Waals surface area (Å²) in [7, 11) is 0. The van der Waals surface area contributed by atoms with E-state index in [1.165, 1.54) is 28.8 Å². The van der Waals surface area contributed by atoms with Gasteiger partial charge in [0.1, 0.15) is 5.82 Å². The summed E-state index contributed by atoms with van der Waals surface area (Å²) in [6, 6.07) is 8.70. The predicted molar refractivity (Wildman–Crippen MR) is 100 cm³/mol. The Balaban J connectivity index is 1.69. The zero-order chi connectivity index (χ0) is 19.3. The van der Waals surface area contributed by atoms with Gasteiger partial charge in [-0.25, -0.2) is 4.39 Å². The maximum Gasteiger partial charge on any atom is 0.261 e. The average Bonchev–Trinajstić information content (AvgIpc) is 3.12.